The van der Waals surface area contributed by atoms with E-state index in [0.717, 1.165) is 11.3 Å². The Morgan fingerprint density at radius 2 is 1.86 bits per heavy atom. The lowest BCUT2D eigenvalue weighted by Gasteiger charge is -2.42. The van der Waals surface area contributed by atoms with Gasteiger partial charge < -0.3 is 14.7 Å². The highest BCUT2D eigenvalue weighted by molar-refractivity contribution is 5.97. The van der Waals surface area contributed by atoms with E-state index in [1.165, 1.54) is 0 Å². The Balaban J connectivity index is 2.39. The quantitative estimate of drug-likeness (QED) is 0.920. The van der Waals surface area contributed by atoms with E-state index < -0.39 is 12.1 Å². The predicted octanol–water partition coefficient (Wildman–Crippen LogP) is 1.72. The Labute approximate surface area is 124 Å². The second kappa shape index (κ2) is 5.50. The number of hydrogen-bond acceptors (Lipinski definition) is 4. The topological polar surface area (TPSA) is 75.4 Å². The fraction of sp³-hybridized carbons (Fsp3) is 0.667. The van der Waals surface area contributed by atoms with Gasteiger partial charge in [-0.1, -0.05) is 19.0 Å². The number of nitrogens with zero attached hydrogens (tertiary/aromatic N) is 2. The number of carbonyl (C=O) groups excluding carboxylic acids is 2. The van der Waals surface area contributed by atoms with Crippen molar-refractivity contribution in [3.05, 3.63) is 17.0 Å². The van der Waals surface area contributed by atoms with E-state index in [1.807, 2.05) is 34.6 Å². The summed E-state index contributed by atoms with van der Waals surface area (Å²) >= 11 is 0. The zero-order valence-corrected chi connectivity index (χ0v) is 13.4. The number of aromatic nitrogens is 1. The molecule has 2 amide bonds. The van der Waals surface area contributed by atoms with Gasteiger partial charge in [-0.3, -0.25) is 9.59 Å². The minimum atomic E-state index is -0.504. The molecule has 1 fully saturated rings. The maximum absolute atomic E-state index is 12.7. The molecule has 0 saturated carbocycles. The Bertz CT molecular complexity index is 545. The molecule has 1 saturated heterocycles. The van der Waals surface area contributed by atoms with Crippen LogP contribution in [0.15, 0.2) is 4.52 Å². The van der Waals surface area contributed by atoms with Crippen LogP contribution in [0.3, 0.4) is 0 Å². The minimum absolute atomic E-state index is 0.0494. The van der Waals surface area contributed by atoms with Crippen molar-refractivity contribution in [2.45, 2.75) is 59.7 Å². The van der Waals surface area contributed by atoms with E-state index >= 15 is 0 Å². The Morgan fingerprint density at radius 3 is 2.33 bits per heavy atom. The van der Waals surface area contributed by atoms with Crippen LogP contribution in [0.4, 0.5) is 0 Å². The SMILES string of the molecule is Cc1noc(C)c1C(C)N1C(=O)C(C(C)C)NC(=O)C1C. The van der Waals surface area contributed by atoms with Gasteiger partial charge in [0.2, 0.25) is 11.8 Å². The second-order valence-electron chi connectivity index (χ2n) is 6.07. The number of rotatable bonds is 3. The van der Waals surface area contributed by atoms with Gasteiger partial charge in [-0.25, -0.2) is 0 Å². The average Bonchev–Trinajstić information content (AvgIpc) is 2.73. The fourth-order valence-electron chi connectivity index (χ4n) is 3.02. The van der Waals surface area contributed by atoms with Crippen LogP contribution in [0, 0.1) is 19.8 Å². The van der Waals surface area contributed by atoms with Gasteiger partial charge >= 0.3 is 0 Å². The normalized spacial score (nSPS) is 24.4. The van der Waals surface area contributed by atoms with Crippen molar-refractivity contribution in [2.75, 3.05) is 0 Å². The molecule has 0 aliphatic carbocycles. The third kappa shape index (κ3) is 2.54. The summed E-state index contributed by atoms with van der Waals surface area (Å²) in [4.78, 5) is 26.6. The van der Waals surface area contributed by atoms with E-state index in [-0.39, 0.29) is 23.8 Å². The van der Waals surface area contributed by atoms with Crippen molar-refractivity contribution in [3.63, 3.8) is 0 Å². The molecule has 2 heterocycles. The van der Waals surface area contributed by atoms with Gasteiger partial charge in [0.15, 0.2) is 0 Å². The van der Waals surface area contributed by atoms with Crippen molar-refractivity contribution < 1.29 is 14.1 Å². The maximum atomic E-state index is 12.7. The van der Waals surface area contributed by atoms with E-state index in [4.69, 9.17) is 4.52 Å². The van der Waals surface area contributed by atoms with Crippen LogP contribution < -0.4 is 5.32 Å². The van der Waals surface area contributed by atoms with Crippen LogP contribution in [0.2, 0.25) is 0 Å². The number of hydrogen-bond donors (Lipinski definition) is 1. The van der Waals surface area contributed by atoms with Crippen LogP contribution in [-0.4, -0.2) is 34.0 Å². The molecule has 2 rings (SSSR count). The fourth-order valence-corrected chi connectivity index (χ4v) is 3.02. The van der Waals surface area contributed by atoms with E-state index in [0.29, 0.717) is 5.76 Å². The first kappa shape index (κ1) is 15.5. The molecule has 0 aromatic carbocycles. The summed E-state index contributed by atoms with van der Waals surface area (Å²) < 4.78 is 5.19. The van der Waals surface area contributed by atoms with Gasteiger partial charge in [-0.15, -0.1) is 0 Å². The van der Waals surface area contributed by atoms with Crippen LogP contribution in [0.5, 0.6) is 0 Å². The predicted molar refractivity (Wildman–Crippen MR) is 77.5 cm³/mol. The summed E-state index contributed by atoms with van der Waals surface area (Å²) in [5.74, 6) is 0.567. The number of aryl methyl sites for hydroxylation is 2. The first-order valence-corrected chi connectivity index (χ1v) is 7.31. The number of piperazine rings is 1. The van der Waals surface area contributed by atoms with Crippen LogP contribution in [0.25, 0.3) is 0 Å². The molecule has 3 unspecified atom stereocenters. The highest BCUT2D eigenvalue weighted by Crippen LogP contribution is 2.31. The molecule has 0 radical (unpaired) electrons. The summed E-state index contributed by atoms with van der Waals surface area (Å²) in [5, 5.41) is 6.75. The largest absolute Gasteiger partial charge is 0.361 e. The molecule has 1 N–H and O–H groups in total. The molecule has 1 aliphatic rings. The van der Waals surface area contributed by atoms with Crippen molar-refractivity contribution in [3.8, 4) is 0 Å². The smallest absolute Gasteiger partial charge is 0.246 e. The van der Waals surface area contributed by atoms with Crippen molar-refractivity contribution in [1.82, 2.24) is 15.4 Å². The summed E-state index contributed by atoms with van der Waals surface area (Å²) in [6.07, 6.45) is 0. The summed E-state index contributed by atoms with van der Waals surface area (Å²) in [7, 11) is 0. The molecular weight excluding hydrogens is 270 g/mol. The Morgan fingerprint density at radius 1 is 1.24 bits per heavy atom. The number of amides is 2. The van der Waals surface area contributed by atoms with Gasteiger partial charge in [0.25, 0.3) is 0 Å². The molecule has 1 aromatic heterocycles. The lowest BCUT2D eigenvalue weighted by molar-refractivity contribution is -0.152. The molecule has 0 spiro atoms. The maximum Gasteiger partial charge on any atom is 0.246 e. The highest BCUT2D eigenvalue weighted by Gasteiger charge is 2.42. The molecule has 21 heavy (non-hydrogen) atoms. The molecule has 6 heteroatoms. The summed E-state index contributed by atoms with van der Waals surface area (Å²) in [6, 6.07) is -1.22. The van der Waals surface area contributed by atoms with Crippen molar-refractivity contribution >= 4 is 11.8 Å². The summed E-state index contributed by atoms with van der Waals surface area (Å²) in [5.41, 5.74) is 1.64. The minimum Gasteiger partial charge on any atom is -0.361 e. The van der Waals surface area contributed by atoms with E-state index in [1.54, 1.807) is 11.8 Å². The van der Waals surface area contributed by atoms with E-state index in [9.17, 15) is 9.59 Å². The van der Waals surface area contributed by atoms with Gasteiger partial charge in [-0.05, 0) is 33.6 Å². The lowest BCUT2D eigenvalue weighted by Crippen LogP contribution is -2.64. The molecule has 3 atom stereocenters. The number of carbonyl (C=O) groups is 2. The number of nitrogens with one attached hydrogen (secondary N) is 1. The summed E-state index contributed by atoms with van der Waals surface area (Å²) in [6.45, 7) is 11.2. The van der Waals surface area contributed by atoms with Crippen molar-refractivity contribution in [1.29, 1.82) is 0 Å². The molecule has 116 valence electrons. The molecule has 6 nitrogen and oxygen atoms in total. The van der Waals surface area contributed by atoms with Crippen LogP contribution in [-0.2, 0) is 9.59 Å². The molecular formula is C15H23N3O3. The lowest BCUT2D eigenvalue weighted by atomic mass is 9.95. The monoisotopic (exact) mass is 293 g/mol. The first-order chi connectivity index (χ1) is 9.75. The zero-order valence-electron chi connectivity index (χ0n) is 13.4. The Hall–Kier alpha value is -1.85. The highest BCUT2D eigenvalue weighted by atomic mass is 16.5. The third-order valence-electron chi connectivity index (χ3n) is 4.21. The van der Waals surface area contributed by atoms with Gasteiger partial charge in [-0.2, -0.15) is 0 Å². The van der Waals surface area contributed by atoms with Gasteiger partial charge in [0.05, 0.1) is 11.7 Å². The molecule has 1 aromatic rings. The average molecular weight is 293 g/mol. The van der Waals surface area contributed by atoms with Gasteiger partial charge in [0.1, 0.15) is 17.8 Å². The van der Waals surface area contributed by atoms with Gasteiger partial charge in [0, 0.05) is 5.56 Å². The second-order valence-corrected chi connectivity index (χ2v) is 6.07. The van der Waals surface area contributed by atoms with E-state index in [2.05, 4.69) is 10.5 Å². The standard InChI is InChI=1S/C15H23N3O3/c1-7(2)13-15(20)18(10(5)14(19)16-13)9(4)12-8(3)17-21-11(12)6/h7,9-10,13H,1-6H3,(H,16,19). The Kier molecular flexibility index (Phi) is 4.07. The zero-order chi connectivity index (χ0) is 15.9. The van der Waals surface area contributed by atoms with Crippen LogP contribution in [0.1, 0.15) is 50.8 Å². The third-order valence-corrected chi connectivity index (χ3v) is 4.21. The van der Waals surface area contributed by atoms with Crippen LogP contribution >= 0.6 is 0 Å². The van der Waals surface area contributed by atoms with Crippen molar-refractivity contribution in [2.24, 2.45) is 5.92 Å². The molecule has 0 bridgehead atoms. The molecule has 1 aliphatic heterocycles. The first-order valence-electron chi connectivity index (χ1n) is 7.31.